The molecule has 0 amide bonds. The number of carbonyl (C=O) groups excluding carboxylic acids is 1. The van der Waals surface area contributed by atoms with Crippen molar-refractivity contribution in [2.75, 3.05) is 0 Å². The first-order valence-corrected chi connectivity index (χ1v) is 3.12. The van der Waals surface area contributed by atoms with Crippen LogP contribution in [-0.2, 0) is 4.79 Å². The second kappa shape index (κ2) is 3.54. The molecule has 0 radical (unpaired) electrons. The normalized spacial score (nSPS) is 10.8. The second-order valence-electron chi connectivity index (χ2n) is 2.01. The van der Waals surface area contributed by atoms with Gasteiger partial charge in [-0.15, -0.1) is 0 Å². The minimum absolute atomic E-state index is 0.712. The number of hydrogen-bond donors (Lipinski definition) is 0. The maximum Gasteiger partial charge on any atom is 0.239 e. The highest BCUT2D eigenvalue weighted by molar-refractivity contribution is 5.59. The minimum atomic E-state index is 0.712. The van der Waals surface area contributed by atoms with Gasteiger partial charge in [0.15, 0.2) is 0 Å². The number of isocyanates is 1. The SMILES string of the molecule is CC(=CN=C=O)c1ccco1. The van der Waals surface area contributed by atoms with Crippen molar-refractivity contribution < 1.29 is 9.21 Å². The molecule has 0 aliphatic carbocycles. The van der Waals surface area contributed by atoms with Crippen LogP contribution in [0.3, 0.4) is 0 Å². The Kier molecular flexibility index (Phi) is 2.42. The molecule has 0 atom stereocenters. The number of aliphatic imine (C=N–C) groups is 1. The van der Waals surface area contributed by atoms with Gasteiger partial charge in [-0.05, 0) is 19.1 Å². The number of hydrogen-bond acceptors (Lipinski definition) is 3. The molecule has 1 heterocycles. The fraction of sp³-hybridized carbons (Fsp3) is 0.125. The van der Waals surface area contributed by atoms with E-state index >= 15 is 0 Å². The van der Waals surface area contributed by atoms with Crippen molar-refractivity contribution in [3.8, 4) is 0 Å². The molecule has 1 rings (SSSR count). The molecule has 0 spiro atoms. The Labute approximate surface area is 64.1 Å². The molecule has 0 aliphatic heterocycles. The Morgan fingerprint density at radius 1 is 1.82 bits per heavy atom. The van der Waals surface area contributed by atoms with Crippen LogP contribution in [-0.4, -0.2) is 6.08 Å². The number of allylic oxidation sites excluding steroid dienone is 1. The summed E-state index contributed by atoms with van der Waals surface area (Å²) in [5.74, 6) is 0.712. The standard InChI is InChI=1S/C8H7NO2/c1-7(5-9-6-10)8-3-2-4-11-8/h2-5H,1H3. The average molecular weight is 149 g/mol. The molecule has 0 unspecified atom stereocenters. The molecule has 1 aromatic rings. The maximum atomic E-state index is 9.71. The van der Waals surface area contributed by atoms with Crippen molar-refractivity contribution in [1.29, 1.82) is 0 Å². The van der Waals surface area contributed by atoms with Gasteiger partial charge in [-0.25, -0.2) is 4.79 Å². The number of nitrogens with zero attached hydrogens (tertiary/aromatic N) is 1. The molecule has 0 saturated carbocycles. The van der Waals surface area contributed by atoms with E-state index in [0.717, 1.165) is 5.57 Å². The van der Waals surface area contributed by atoms with Crippen molar-refractivity contribution in [2.24, 2.45) is 4.99 Å². The Morgan fingerprint density at radius 2 is 2.64 bits per heavy atom. The van der Waals surface area contributed by atoms with Crippen LogP contribution < -0.4 is 0 Å². The van der Waals surface area contributed by atoms with E-state index in [2.05, 4.69) is 4.99 Å². The van der Waals surface area contributed by atoms with E-state index in [1.54, 1.807) is 25.3 Å². The summed E-state index contributed by atoms with van der Waals surface area (Å²) >= 11 is 0. The number of rotatable bonds is 2. The predicted molar refractivity (Wildman–Crippen MR) is 40.5 cm³/mol. The highest BCUT2D eigenvalue weighted by atomic mass is 16.3. The van der Waals surface area contributed by atoms with E-state index in [4.69, 9.17) is 4.42 Å². The summed E-state index contributed by atoms with van der Waals surface area (Å²) in [6.45, 7) is 1.81. The van der Waals surface area contributed by atoms with E-state index in [9.17, 15) is 4.79 Å². The molecule has 0 bridgehead atoms. The first-order chi connectivity index (χ1) is 5.34. The van der Waals surface area contributed by atoms with Gasteiger partial charge >= 0.3 is 0 Å². The summed E-state index contributed by atoms with van der Waals surface area (Å²) in [6.07, 6.45) is 4.39. The smallest absolute Gasteiger partial charge is 0.239 e. The Hall–Kier alpha value is -1.60. The molecule has 3 nitrogen and oxygen atoms in total. The first kappa shape index (κ1) is 7.51. The van der Waals surface area contributed by atoms with Crippen molar-refractivity contribution in [3.05, 3.63) is 30.4 Å². The third-order valence-electron chi connectivity index (χ3n) is 1.22. The van der Waals surface area contributed by atoms with Crippen LogP contribution in [0.15, 0.2) is 34.0 Å². The van der Waals surface area contributed by atoms with Crippen LogP contribution in [0.1, 0.15) is 12.7 Å². The van der Waals surface area contributed by atoms with E-state index in [1.165, 1.54) is 12.3 Å². The van der Waals surface area contributed by atoms with Gasteiger partial charge in [-0.1, -0.05) is 0 Å². The van der Waals surface area contributed by atoms with Crippen molar-refractivity contribution >= 4 is 11.7 Å². The Balaban J connectivity index is 2.85. The van der Waals surface area contributed by atoms with Crippen molar-refractivity contribution in [1.82, 2.24) is 0 Å². The maximum absolute atomic E-state index is 9.71. The van der Waals surface area contributed by atoms with Gasteiger partial charge in [-0.3, -0.25) is 0 Å². The zero-order valence-electron chi connectivity index (χ0n) is 6.07. The van der Waals surface area contributed by atoms with Gasteiger partial charge in [-0.2, -0.15) is 4.99 Å². The third kappa shape index (κ3) is 1.92. The topological polar surface area (TPSA) is 42.6 Å². The van der Waals surface area contributed by atoms with Gasteiger partial charge in [0.2, 0.25) is 6.08 Å². The highest BCUT2D eigenvalue weighted by Crippen LogP contribution is 2.12. The molecule has 3 heteroatoms. The van der Waals surface area contributed by atoms with Gasteiger partial charge in [0.05, 0.1) is 6.26 Å². The van der Waals surface area contributed by atoms with Gasteiger partial charge < -0.3 is 4.42 Å². The molecule has 56 valence electrons. The van der Waals surface area contributed by atoms with Crippen LogP contribution >= 0.6 is 0 Å². The monoisotopic (exact) mass is 149 g/mol. The lowest BCUT2D eigenvalue weighted by Crippen LogP contribution is -1.70. The molecular weight excluding hydrogens is 142 g/mol. The van der Waals surface area contributed by atoms with Crippen LogP contribution in [0.2, 0.25) is 0 Å². The molecule has 0 aromatic carbocycles. The zero-order chi connectivity index (χ0) is 8.10. The fourth-order valence-electron chi connectivity index (χ4n) is 0.690. The lowest BCUT2D eigenvalue weighted by molar-refractivity contribution is 0.552. The van der Waals surface area contributed by atoms with Crippen LogP contribution in [0.5, 0.6) is 0 Å². The molecule has 11 heavy (non-hydrogen) atoms. The molecule has 0 aliphatic rings. The predicted octanol–water partition coefficient (Wildman–Crippen LogP) is 1.98. The summed E-state index contributed by atoms with van der Waals surface area (Å²) in [6, 6.07) is 3.57. The van der Waals surface area contributed by atoms with Crippen LogP contribution in [0.25, 0.3) is 5.57 Å². The largest absolute Gasteiger partial charge is 0.465 e. The molecule has 0 N–H and O–H groups in total. The highest BCUT2D eigenvalue weighted by Gasteiger charge is 1.95. The Bertz CT molecular complexity index is 292. The fourth-order valence-corrected chi connectivity index (χ4v) is 0.690. The minimum Gasteiger partial charge on any atom is -0.465 e. The summed E-state index contributed by atoms with van der Waals surface area (Å²) in [7, 11) is 0. The van der Waals surface area contributed by atoms with E-state index in [0.29, 0.717) is 5.76 Å². The Morgan fingerprint density at radius 3 is 3.18 bits per heavy atom. The van der Waals surface area contributed by atoms with E-state index in [1.807, 2.05) is 0 Å². The second-order valence-corrected chi connectivity index (χ2v) is 2.01. The molecule has 0 fully saturated rings. The molecule has 1 aromatic heterocycles. The zero-order valence-corrected chi connectivity index (χ0v) is 6.07. The summed E-state index contributed by atoms with van der Waals surface area (Å²) < 4.78 is 5.03. The lowest BCUT2D eigenvalue weighted by Gasteiger charge is -1.89. The quantitative estimate of drug-likeness (QED) is 0.476. The van der Waals surface area contributed by atoms with Crippen LogP contribution in [0, 0.1) is 0 Å². The van der Waals surface area contributed by atoms with Gasteiger partial charge in [0, 0.05) is 11.8 Å². The average Bonchev–Trinajstić information content (AvgIpc) is 2.52. The summed E-state index contributed by atoms with van der Waals surface area (Å²) in [5.41, 5.74) is 0.804. The molecule has 0 saturated heterocycles. The van der Waals surface area contributed by atoms with Gasteiger partial charge in [0.1, 0.15) is 5.76 Å². The van der Waals surface area contributed by atoms with Crippen molar-refractivity contribution in [3.63, 3.8) is 0 Å². The van der Waals surface area contributed by atoms with E-state index in [-0.39, 0.29) is 0 Å². The van der Waals surface area contributed by atoms with Crippen molar-refractivity contribution in [2.45, 2.75) is 6.92 Å². The third-order valence-corrected chi connectivity index (χ3v) is 1.22. The number of furan rings is 1. The van der Waals surface area contributed by atoms with Gasteiger partial charge in [0.25, 0.3) is 0 Å². The van der Waals surface area contributed by atoms with Crippen LogP contribution in [0.4, 0.5) is 0 Å². The van der Waals surface area contributed by atoms with E-state index < -0.39 is 0 Å². The lowest BCUT2D eigenvalue weighted by atomic mass is 10.2. The summed E-state index contributed by atoms with van der Waals surface area (Å²) in [4.78, 5) is 13.0. The summed E-state index contributed by atoms with van der Waals surface area (Å²) in [5, 5.41) is 0. The first-order valence-electron chi connectivity index (χ1n) is 3.12. The molecular formula is C8H7NO2.